The fourth-order valence-electron chi connectivity index (χ4n) is 3.42. The van der Waals surface area contributed by atoms with E-state index in [0.717, 1.165) is 30.6 Å². The topological polar surface area (TPSA) is 90.2 Å². The average molecular weight is 378 g/mol. The van der Waals surface area contributed by atoms with Crippen molar-refractivity contribution < 1.29 is 9.90 Å². The molecule has 0 unspecified atom stereocenters. The number of aromatic carboxylic acids is 1. The molecule has 0 saturated heterocycles. The third-order valence-corrected chi connectivity index (χ3v) is 4.82. The van der Waals surface area contributed by atoms with Crippen molar-refractivity contribution in [3.63, 3.8) is 0 Å². The van der Waals surface area contributed by atoms with E-state index in [9.17, 15) is 9.90 Å². The van der Waals surface area contributed by atoms with Crippen LogP contribution in [-0.2, 0) is 20.0 Å². The van der Waals surface area contributed by atoms with E-state index < -0.39 is 5.97 Å². The van der Waals surface area contributed by atoms with Gasteiger partial charge in [0, 0.05) is 30.4 Å². The molecule has 0 bridgehead atoms. The summed E-state index contributed by atoms with van der Waals surface area (Å²) in [5.41, 5.74) is 3.23. The van der Waals surface area contributed by atoms with Crippen molar-refractivity contribution in [2.45, 2.75) is 39.7 Å². The van der Waals surface area contributed by atoms with Crippen LogP contribution in [0.2, 0.25) is 0 Å². The molecule has 0 saturated carbocycles. The normalized spacial score (nSPS) is 10.8. The fraction of sp³-hybridized carbons (Fsp3) is 0.350. The van der Waals surface area contributed by atoms with Gasteiger partial charge in [0.2, 0.25) is 5.69 Å². The lowest BCUT2D eigenvalue weighted by Crippen LogP contribution is -2.07. The molecule has 2 aromatic heterocycles. The molecule has 0 aliphatic heterocycles. The molecule has 0 aliphatic rings. The summed E-state index contributed by atoms with van der Waals surface area (Å²) < 4.78 is 3.37. The number of hydrogen-bond acceptors (Lipinski definition) is 4. The molecule has 1 aromatic carbocycles. The molecule has 28 heavy (non-hydrogen) atoms. The highest BCUT2D eigenvalue weighted by Crippen LogP contribution is 2.39. The van der Waals surface area contributed by atoms with Crippen LogP contribution >= 0.6 is 0 Å². The number of hydrogen-bond donors (Lipinski definition) is 1. The van der Waals surface area contributed by atoms with Crippen LogP contribution < -0.4 is 0 Å². The van der Waals surface area contributed by atoms with E-state index in [0.29, 0.717) is 29.1 Å². The van der Waals surface area contributed by atoms with Crippen LogP contribution in [0, 0.1) is 6.57 Å². The quantitative estimate of drug-likeness (QED) is 0.629. The van der Waals surface area contributed by atoms with Gasteiger partial charge in [-0.1, -0.05) is 44.5 Å². The van der Waals surface area contributed by atoms with E-state index >= 15 is 0 Å². The Bertz CT molecular complexity index is 1040. The van der Waals surface area contributed by atoms with Crippen LogP contribution in [0.25, 0.3) is 27.4 Å². The maximum absolute atomic E-state index is 11.9. The van der Waals surface area contributed by atoms with Gasteiger partial charge >= 0.3 is 5.97 Å². The number of rotatable bonds is 7. The van der Waals surface area contributed by atoms with Crippen LogP contribution in [0.15, 0.2) is 24.3 Å². The maximum Gasteiger partial charge on any atom is 0.351 e. The van der Waals surface area contributed by atoms with E-state index in [1.54, 1.807) is 16.3 Å². The van der Waals surface area contributed by atoms with Gasteiger partial charge in [-0.2, -0.15) is 0 Å². The first-order valence-electron chi connectivity index (χ1n) is 9.22. The highest BCUT2D eigenvalue weighted by molar-refractivity contribution is 6.00. The number of carbonyl (C=O) groups is 1. The lowest BCUT2D eigenvalue weighted by Gasteiger charge is -2.07. The Kier molecular flexibility index (Phi) is 5.54. The van der Waals surface area contributed by atoms with Gasteiger partial charge in [0.1, 0.15) is 5.69 Å². The Labute approximate surface area is 163 Å². The van der Waals surface area contributed by atoms with Crippen LogP contribution in [0.5, 0.6) is 0 Å². The first kappa shape index (κ1) is 19.3. The lowest BCUT2D eigenvalue weighted by atomic mass is 10.0. The summed E-state index contributed by atoms with van der Waals surface area (Å²) in [6.45, 7) is 12.3. The Hall–Kier alpha value is -3.47. The molecule has 3 rings (SSSR count). The van der Waals surface area contributed by atoms with Crippen LogP contribution in [-0.4, -0.2) is 35.9 Å². The molecule has 0 radical (unpaired) electrons. The zero-order valence-electron chi connectivity index (χ0n) is 16.2. The number of nitrogens with zero attached hydrogens (tertiary/aromatic N) is 6. The average Bonchev–Trinajstić information content (AvgIpc) is 3.27. The molecule has 144 valence electrons. The summed E-state index contributed by atoms with van der Waals surface area (Å²) in [6.07, 6.45) is 2.61. The summed E-state index contributed by atoms with van der Waals surface area (Å²) in [5, 5.41) is 21.6. The van der Waals surface area contributed by atoms with Gasteiger partial charge in [-0.25, -0.2) is 14.3 Å². The van der Waals surface area contributed by atoms with Crippen molar-refractivity contribution >= 4 is 11.7 Å². The third kappa shape index (κ3) is 3.27. The van der Waals surface area contributed by atoms with E-state index in [1.165, 1.54) is 0 Å². The second-order valence-electron chi connectivity index (χ2n) is 6.50. The number of benzene rings is 1. The molecular formula is C20H22N6O2. The standard InChI is InChI=1S/C20H22N6O2/c1-5-7-12-26-19(22-23-24-26)14-10-8-13(9-11-14)16-17(21-3)15(6-2)25(4)18(16)20(27)28/h8-11H,5-7,12H2,1-2,4H3,(H,27,28). The molecule has 0 spiro atoms. The molecule has 3 aromatic rings. The van der Waals surface area contributed by atoms with Gasteiger partial charge in [0.15, 0.2) is 5.82 Å². The summed E-state index contributed by atoms with van der Waals surface area (Å²) in [4.78, 5) is 15.5. The van der Waals surface area contributed by atoms with Gasteiger partial charge in [-0.3, -0.25) is 0 Å². The number of carboxylic acids is 1. The third-order valence-electron chi connectivity index (χ3n) is 4.82. The van der Waals surface area contributed by atoms with E-state index in [1.807, 2.05) is 31.2 Å². The first-order valence-corrected chi connectivity index (χ1v) is 9.22. The number of carboxylic acid groups (broad SMARTS) is 1. The monoisotopic (exact) mass is 378 g/mol. The van der Waals surface area contributed by atoms with Crippen molar-refractivity contribution in [3.05, 3.63) is 47.1 Å². The molecule has 8 nitrogen and oxygen atoms in total. The molecule has 1 N–H and O–H groups in total. The Morgan fingerprint density at radius 3 is 2.46 bits per heavy atom. The van der Waals surface area contributed by atoms with E-state index in [2.05, 4.69) is 27.3 Å². The highest BCUT2D eigenvalue weighted by Gasteiger charge is 2.25. The molecule has 0 fully saturated rings. The summed E-state index contributed by atoms with van der Waals surface area (Å²) in [6, 6.07) is 7.37. The van der Waals surface area contributed by atoms with Crippen molar-refractivity contribution in [3.8, 4) is 22.5 Å². The van der Waals surface area contributed by atoms with E-state index in [4.69, 9.17) is 6.57 Å². The maximum atomic E-state index is 11.9. The van der Waals surface area contributed by atoms with Crippen LogP contribution in [0.3, 0.4) is 0 Å². The predicted octanol–water partition coefficient (Wildman–Crippen LogP) is 3.96. The van der Waals surface area contributed by atoms with Crippen molar-refractivity contribution in [1.29, 1.82) is 0 Å². The predicted molar refractivity (Wildman–Crippen MR) is 105 cm³/mol. The van der Waals surface area contributed by atoms with Gasteiger partial charge in [-0.15, -0.1) is 5.10 Å². The van der Waals surface area contributed by atoms with Crippen molar-refractivity contribution in [1.82, 2.24) is 24.8 Å². The molecule has 0 amide bonds. The second-order valence-corrected chi connectivity index (χ2v) is 6.50. The number of aromatic nitrogens is 5. The fourth-order valence-corrected chi connectivity index (χ4v) is 3.42. The minimum absolute atomic E-state index is 0.128. The van der Waals surface area contributed by atoms with Crippen LogP contribution in [0.1, 0.15) is 42.9 Å². The largest absolute Gasteiger partial charge is 0.477 e. The zero-order valence-corrected chi connectivity index (χ0v) is 16.2. The van der Waals surface area contributed by atoms with Crippen molar-refractivity contribution in [2.75, 3.05) is 0 Å². The smallest absolute Gasteiger partial charge is 0.351 e. The Morgan fingerprint density at radius 2 is 1.89 bits per heavy atom. The summed E-state index contributed by atoms with van der Waals surface area (Å²) in [5.74, 6) is -0.374. The molecular weight excluding hydrogens is 356 g/mol. The molecule has 0 atom stereocenters. The lowest BCUT2D eigenvalue weighted by molar-refractivity contribution is 0.0687. The molecule has 8 heteroatoms. The zero-order chi connectivity index (χ0) is 20.3. The summed E-state index contributed by atoms with van der Waals surface area (Å²) in [7, 11) is 1.69. The minimum Gasteiger partial charge on any atom is -0.477 e. The minimum atomic E-state index is -1.05. The van der Waals surface area contributed by atoms with Gasteiger partial charge in [0.25, 0.3) is 0 Å². The molecule has 0 aliphatic carbocycles. The van der Waals surface area contributed by atoms with Gasteiger partial charge < -0.3 is 9.67 Å². The highest BCUT2D eigenvalue weighted by atomic mass is 16.4. The van der Waals surface area contributed by atoms with Crippen LogP contribution in [0.4, 0.5) is 5.69 Å². The Morgan fingerprint density at radius 1 is 1.21 bits per heavy atom. The van der Waals surface area contributed by atoms with Gasteiger partial charge in [0.05, 0.1) is 6.57 Å². The van der Waals surface area contributed by atoms with E-state index in [-0.39, 0.29) is 5.69 Å². The van der Waals surface area contributed by atoms with Gasteiger partial charge in [-0.05, 0) is 28.8 Å². The molecule has 2 heterocycles. The number of unbranched alkanes of at least 4 members (excludes halogenated alkanes) is 1. The van der Waals surface area contributed by atoms with Crippen molar-refractivity contribution in [2.24, 2.45) is 7.05 Å². The SMILES string of the molecule is [C-]#[N+]c1c(-c2ccc(-c3nnnn3CCCC)cc2)c(C(=O)O)n(C)c1CC. The number of tetrazole rings is 1. The number of aryl methyl sites for hydroxylation is 1. The summed E-state index contributed by atoms with van der Waals surface area (Å²) >= 11 is 0. The first-order chi connectivity index (χ1) is 13.5. The second kappa shape index (κ2) is 8.05. The Balaban J connectivity index is 2.07.